The fourth-order valence-corrected chi connectivity index (χ4v) is 6.71. The van der Waals surface area contributed by atoms with Gasteiger partial charge in [-0.25, -0.2) is 13.4 Å². The summed E-state index contributed by atoms with van der Waals surface area (Å²) in [6.45, 7) is 1.87. The van der Waals surface area contributed by atoms with Crippen molar-refractivity contribution in [1.82, 2.24) is 15.2 Å². The molecule has 4 aromatic rings. The van der Waals surface area contributed by atoms with Crippen LogP contribution in [0.3, 0.4) is 0 Å². The SMILES string of the molecule is CN(C)CCCOc1ccc(-c2ncc(CNC(=O)c3ccc4c(c3)NC(=O)c3ccccc3S4(=O)=O)s2)cc1. The van der Waals surface area contributed by atoms with Crippen molar-refractivity contribution in [1.29, 1.82) is 0 Å². The van der Waals surface area contributed by atoms with E-state index in [2.05, 4.69) is 20.5 Å². The van der Waals surface area contributed by atoms with Gasteiger partial charge in [0.2, 0.25) is 9.84 Å². The Morgan fingerprint density at radius 1 is 1.05 bits per heavy atom. The fraction of sp³-hybridized carbons (Fsp3) is 0.207. The summed E-state index contributed by atoms with van der Waals surface area (Å²) in [5.74, 6) is -0.140. The minimum absolute atomic E-state index is 0.0561. The molecular formula is C29H28N4O5S2. The van der Waals surface area contributed by atoms with Crippen LogP contribution in [0.15, 0.2) is 82.7 Å². The van der Waals surface area contributed by atoms with Crippen molar-refractivity contribution in [2.45, 2.75) is 22.8 Å². The summed E-state index contributed by atoms with van der Waals surface area (Å²) < 4.78 is 32.1. The van der Waals surface area contributed by atoms with Gasteiger partial charge in [0.15, 0.2) is 0 Å². The van der Waals surface area contributed by atoms with Gasteiger partial charge in [-0.05, 0) is 75.1 Å². The molecule has 11 heteroatoms. The molecule has 9 nitrogen and oxygen atoms in total. The third-order valence-electron chi connectivity index (χ3n) is 6.30. The molecule has 2 amide bonds. The summed E-state index contributed by atoms with van der Waals surface area (Å²) in [6.07, 6.45) is 2.66. The van der Waals surface area contributed by atoms with E-state index in [9.17, 15) is 18.0 Å². The van der Waals surface area contributed by atoms with Crippen molar-refractivity contribution in [3.05, 3.63) is 88.9 Å². The maximum atomic E-state index is 13.2. The van der Waals surface area contributed by atoms with Gasteiger partial charge >= 0.3 is 0 Å². The van der Waals surface area contributed by atoms with Crippen LogP contribution >= 0.6 is 11.3 Å². The summed E-state index contributed by atoms with van der Waals surface area (Å²) in [4.78, 5) is 32.9. The van der Waals surface area contributed by atoms with Crippen molar-refractivity contribution in [3.63, 3.8) is 0 Å². The molecule has 2 N–H and O–H groups in total. The number of carbonyl (C=O) groups excluding carboxylic acids is 2. The Kier molecular flexibility index (Phi) is 7.97. The first-order chi connectivity index (χ1) is 19.2. The molecule has 0 radical (unpaired) electrons. The second-order valence-electron chi connectivity index (χ2n) is 9.51. The van der Waals surface area contributed by atoms with Crippen LogP contribution in [0, 0.1) is 0 Å². The molecule has 1 aliphatic heterocycles. The third-order valence-corrected chi connectivity index (χ3v) is 9.21. The van der Waals surface area contributed by atoms with Crippen molar-refractivity contribution in [2.24, 2.45) is 0 Å². The molecule has 1 aliphatic rings. The van der Waals surface area contributed by atoms with E-state index < -0.39 is 21.7 Å². The summed E-state index contributed by atoms with van der Waals surface area (Å²) in [5.41, 5.74) is 1.31. The quantitative estimate of drug-likeness (QED) is 0.282. The summed E-state index contributed by atoms with van der Waals surface area (Å²) >= 11 is 1.46. The zero-order valence-corrected chi connectivity index (χ0v) is 23.6. The lowest BCUT2D eigenvalue weighted by molar-refractivity contribution is 0.0949. The van der Waals surface area contributed by atoms with Gasteiger partial charge in [-0.15, -0.1) is 11.3 Å². The summed E-state index contributed by atoms with van der Waals surface area (Å²) in [5, 5.41) is 6.29. The predicted octanol–water partition coefficient (Wildman–Crippen LogP) is 4.47. The maximum absolute atomic E-state index is 13.2. The van der Waals surface area contributed by atoms with Gasteiger partial charge in [0.1, 0.15) is 10.8 Å². The average molecular weight is 577 g/mol. The molecule has 0 atom stereocenters. The highest BCUT2D eigenvalue weighted by molar-refractivity contribution is 7.91. The smallest absolute Gasteiger partial charge is 0.257 e. The second kappa shape index (κ2) is 11.6. The van der Waals surface area contributed by atoms with E-state index in [1.54, 1.807) is 18.3 Å². The summed E-state index contributed by atoms with van der Waals surface area (Å²) in [6, 6.07) is 18.0. The van der Waals surface area contributed by atoms with Crippen LogP contribution in [0.25, 0.3) is 10.6 Å². The van der Waals surface area contributed by atoms with E-state index in [4.69, 9.17) is 4.74 Å². The van der Waals surface area contributed by atoms with Gasteiger partial charge in [0.05, 0.1) is 34.2 Å². The Bertz CT molecular complexity index is 1660. The topological polar surface area (TPSA) is 118 Å². The number of anilines is 1. The Balaban J connectivity index is 1.22. The Morgan fingerprint density at radius 3 is 2.60 bits per heavy atom. The van der Waals surface area contributed by atoms with Gasteiger partial charge in [0, 0.05) is 28.7 Å². The van der Waals surface area contributed by atoms with Crippen molar-refractivity contribution >= 4 is 38.7 Å². The molecule has 0 aliphatic carbocycles. The van der Waals surface area contributed by atoms with E-state index >= 15 is 0 Å². The van der Waals surface area contributed by atoms with Gasteiger partial charge in [-0.2, -0.15) is 0 Å². The second-order valence-corrected chi connectivity index (χ2v) is 12.5. The molecule has 3 aromatic carbocycles. The lowest BCUT2D eigenvalue weighted by Crippen LogP contribution is -2.22. The summed E-state index contributed by atoms with van der Waals surface area (Å²) in [7, 11) is 0.132. The van der Waals surface area contributed by atoms with Gasteiger partial charge in [-0.1, -0.05) is 12.1 Å². The van der Waals surface area contributed by atoms with E-state index in [0.29, 0.717) is 6.61 Å². The van der Waals surface area contributed by atoms with Crippen LogP contribution in [0.1, 0.15) is 32.0 Å². The fourth-order valence-electron chi connectivity index (χ4n) is 4.26. The molecule has 0 fully saturated rings. The first kappa shape index (κ1) is 27.5. The monoisotopic (exact) mass is 576 g/mol. The molecule has 40 heavy (non-hydrogen) atoms. The molecule has 206 valence electrons. The highest BCUT2D eigenvalue weighted by Gasteiger charge is 2.31. The number of rotatable bonds is 9. The van der Waals surface area contributed by atoms with Crippen LogP contribution in [0.5, 0.6) is 5.75 Å². The van der Waals surface area contributed by atoms with Gasteiger partial charge in [0.25, 0.3) is 11.8 Å². The number of fused-ring (bicyclic) bond motifs is 2. The minimum atomic E-state index is -3.94. The zero-order valence-electron chi connectivity index (χ0n) is 22.0. The molecule has 5 rings (SSSR count). The first-order valence-electron chi connectivity index (χ1n) is 12.6. The van der Waals surface area contributed by atoms with E-state index in [0.717, 1.165) is 34.2 Å². The molecule has 0 saturated carbocycles. The van der Waals surface area contributed by atoms with E-state index in [-0.39, 0.29) is 33.2 Å². The van der Waals surface area contributed by atoms with Gasteiger partial charge in [-0.3, -0.25) is 9.59 Å². The van der Waals surface area contributed by atoms with E-state index in [1.165, 1.54) is 41.7 Å². The van der Waals surface area contributed by atoms with Crippen LogP contribution in [0.2, 0.25) is 0 Å². The molecule has 0 bridgehead atoms. The highest BCUT2D eigenvalue weighted by atomic mass is 32.2. The van der Waals surface area contributed by atoms with Gasteiger partial charge < -0.3 is 20.3 Å². The van der Waals surface area contributed by atoms with Crippen molar-refractivity contribution in [3.8, 4) is 16.3 Å². The van der Waals surface area contributed by atoms with Crippen molar-refractivity contribution in [2.75, 3.05) is 32.6 Å². The molecule has 0 unspecified atom stereocenters. The van der Waals surface area contributed by atoms with Crippen LogP contribution in [-0.4, -0.2) is 57.4 Å². The molecule has 2 heterocycles. The Morgan fingerprint density at radius 2 is 1.82 bits per heavy atom. The normalized spacial score (nSPS) is 13.6. The molecule has 0 spiro atoms. The number of nitrogens with one attached hydrogen (secondary N) is 2. The number of amides is 2. The number of thiazole rings is 1. The zero-order chi connectivity index (χ0) is 28.3. The largest absolute Gasteiger partial charge is 0.494 e. The van der Waals surface area contributed by atoms with Crippen molar-refractivity contribution < 1.29 is 22.7 Å². The number of hydrogen-bond acceptors (Lipinski definition) is 8. The molecule has 1 aromatic heterocycles. The third kappa shape index (κ3) is 5.91. The molecular weight excluding hydrogens is 548 g/mol. The highest BCUT2D eigenvalue weighted by Crippen LogP contribution is 2.34. The average Bonchev–Trinajstić information content (AvgIpc) is 3.40. The number of carbonyl (C=O) groups is 2. The maximum Gasteiger partial charge on any atom is 0.257 e. The number of nitrogens with zero attached hydrogens (tertiary/aromatic N) is 2. The number of aromatic nitrogens is 1. The molecule has 0 saturated heterocycles. The predicted molar refractivity (Wildman–Crippen MR) is 154 cm³/mol. The first-order valence-corrected chi connectivity index (χ1v) is 14.9. The lowest BCUT2D eigenvalue weighted by atomic mass is 10.1. The lowest BCUT2D eigenvalue weighted by Gasteiger charge is -2.10. The van der Waals surface area contributed by atoms with Crippen LogP contribution in [0.4, 0.5) is 5.69 Å². The number of sulfone groups is 1. The number of benzene rings is 3. The Labute approximate surface area is 236 Å². The number of hydrogen-bond donors (Lipinski definition) is 2. The standard InChI is InChI=1S/C29H28N4O5S2/c1-33(2)14-5-15-38-21-11-8-19(9-12-21)29-31-18-22(39-29)17-30-27(34)20-10-13-26-24(16-20)32-28(35)23-6-3-4-7-25(23)40(26,36)37/h3-4,6-13,16,18H,5,14-15,17H2,1-2H3,(H,30,34)(H,32,35). The van der Waals surface area contributed by atoms with Crippen LogP contribution in [-0.2, 0) is 16.4 Å². The number of ether oxygens (including phenoxy) is 1. The van der Waals surface area contributed by atoms with E-state index in [1.807, 2.05) is 38.4 Å². The Hall–Kier alpha value is -4.06. The minimum Gasteiger partial charge on any atom is -0.494 e. The van der Waals surface area contributed by atoms with Crippen LogP contribution < -0.4 is 15.4 Å².